The number of fused-ring (bicyclic) bond motifs is 18. The Morgan fingerprint density at radius 1 is 0.191 bits per heavy atom. The topological polar surface area (TPSA) is 13.2 Å². The van der Waals surface area contributed by atoms with Gasteiger partial charge >= 0.3 is 0 Å². The maximum atomic E-state index is 2.64. The molecule has 0 spiro atoms. The first-order valence-corrected chi connectivity index (χ1v) is 24.3. The number of hydrogen-bond donors (Lipinski definition) is 0. The van der Waals surface area contributed by atoms with Gasteiger partial charge in [0.05, 0.1) is 49.7 Å². The SMILES string of the molecule is Cc1c(C)c(C)c2c(c1C)c1c(C)c(C)c(C)c3c4c(C)c(C)c(C)c(C)c4n2c13.c1ccc2c(c1)c1cccc3c4ccccc4n2c13.c1ccc2c(c1)c1cccc3c4ccccc4n2c13. The van der Waals surface area contributed by atoms with Gasteiger partial charge in [0.2, 0.25) is 0 Å². The maximum absolute atomic E-state index is 2.64. The van der Waals surface area contributed by atoms with Crippen LogP contribution in [-0.4, -0.2) is 13.2 Å². The highest BCUT2D eigenvalue weighted by Crippen LogP contribution is 2.49. The van der Waals surface area contributed by atoms with Crippen molar-refractivity contribution < 1.29 is 0 Å². The van der Waals surface area contributed by atoms with E-state index in [9.17, 15) is 0 Å². The molecular formula is C65H55N3. The summed E-state index contributed by atoms with van der Waals surface area (Å²) in [6.45, 7) is 25.4. The predicted molar refractivity (Wildman–Crippen MR) is 295 cm³/mol. The first-order valence-electron chi connectivity index (χ1n) is 24.3. The molecule has 0 bridgehead atoms. The summed E-state index contributed by atoms with van der Waals surface area (Å²) in [5, 5.41) is 16.6. The van der Waals surface area contributed by atoms with E-state index in [0.717, 1.165) is 0 Å². The monoisotopic (exact) mass is 877 g/mol. The third kappa shape index (κ3) is 4.98. The van der Waals surface area contributed by atoms with Gasteiger partial charge in [-0.2, -0.15) is 0 Å². The third-order valence-corrected chi connectivity index (χ3v) is 17.1. The summed E-state index contributed by atoms with van der Waals surface area (Å²) in [6, 6.07) is 47.9. The van der Waals surface area contributed by atoms with Crippen LogP contribution in [0.15, 0.2) is 133 Å². The predicted octanol–water partition coefficient (Wildman–Crippen LogP) is 17.9. The Hall–Kier alpha value is -7.62. The molecule has 0 aliphatic carbocycles. The smallest absolute Gasteiger partial charge is 0.0626 e. The van der Waals surface area contributed by atoms with Crippen LogP contribution in [0, 0.1) is 76.2 Å². The molecule has 3 nitrogen and oxygen atoms in total. The number of hydrogen-bond acceptors (Lipinski definition) is 0. The summed E-state index contributed by atoms with van der Waals surface area (Å²) >= 11 is 0. The molecule has 0 N–H and O–H groups in total. The Morgan fingerprint density at radius 2 is 0.426 bits per heavy atom. The van der Waals surface area contributed by atoms with Gasteiger partial charge in [-0.25, -0.2) is 0 Å². The summed E-state index contributed by atoms with van der Waals surface area (Å²) in [5.74, 6) is 0. The van der Waals surface area contributed by atoms with E-state index in [1.54, 1.807) is 0 Å². The van der Waals surface area contributed by atoms with E-state index in [1.165, 1.54) is 175 Å². The minimum absolute atomic E-state index is 1.30. The zero-order chi connectivity index (χ0) is 46.8. The van der Waals surface area contributed by atoms with Crippen LogP contribution in [0.25, 0.3) is 114 Å². The number of nitrogens with zero attached hydrogens (tertiary/aromatic N) is 3. The molecule has 15 rings (SSSR count). The Kier molecular flexibility index (Phi) is 8.49. The van der Waals surface area contributed by atoms with E-state index in [4.69, 9.17) is 0 Å². The van der Waals surface area contributed by atoms with Crippen LogP contribution in [-0.2, 0) is 0 Å². The first kappa shape index (κ1) is 40.6. The average molecular weight is 878 g/mol. The van der Waals surface area contributed by atoms with E-state index in [-0.39, 0.29) is 0 Å². The molecule has 0 saturated heterocycles. The van der Waals surface area contributed by atoms with E-state index < -0.39 is 0 Å². The Morgan fingerprint density at radius 3 is 0.735 bits per heavy atom. The highest BCUT2D eigenvalue weighted by molar-refractivity contribution is 6.28. The van der Waals surface area contributed by atoms with Gasteiger partial charge in [-0.1, -0.05) is 109 Å². The molecule has 330 valence electrons. The van der Waals surface area contributed by atoms with Crippen molar-refractivity contribution in [2.24, 2.45) is 0 Å². The standard InChI is InChI=1S/C29H33N.2C18H11N/c1-12-14(3)21(10)27-23(17(12)6)25-19(8)16(5)20(9)26-24-18(7)13(2)15(4)22(11)28(24)30(27)29(25)26;2*1-3-10-16-12(6-1)14-8-5-9-15-13-7-2-4-11-17(13)19(16)18(14)15/h1-11H3;2*1-11H. The second-order valence-corrected chi connectivity index (χ2v) is 19.9. The summed E-state index contributed by atoms with van der Waals surface area (Å²) < 4.78 is 7.43. The number of benzene rings is 9. The highest BCUT2D eigenvalue weighted by Gasteiger charge is 2.28. The minimum Gasteiger partial charge on any atom is -0.308 e. The second kappa shape index (κ2) is 14.2. The molecule has 0 fully saturated rings. The van der Waals surface area contributed by atoms with Crippen LogP contribution in [0.4, 0.5) is 0 Å². The van der Waals surface area contributed by atoms with E-state index in [2.05, 4.69) is 223 Å². The zero-order valence-electron chi connectivity index (χ0n) is 41.0. The van der Waals surface area contributed by atoms with Crippen LogP contribution in [0.2, 0.25) is 0 Å². The van der Waals surface area contributed by atoms with Gasteiger partial charge in [0, 0.05) is 64.6 Å². The summed E-state index contributed by atoms with van der Waals surface area (Å²) in [5.41, 5.74) is 28.0. The molecule has 9 aromatic carbocycles. The van der Waals surface area contributed by atoms with Gasteiger partial charge in [-0.3, -0.25) is 0 Å². The normalized spacial score (nSPS) is 12.3. The minimum atomic E-state index is 1.30. The number of aryl methyl sites for hydroxylation is 6. The Labute approximate surface area is 396 Å². The van der Waals surface area contributed by atoms with Gasteiger partial charge in [0.15, 0.2) is 0 Å². The van der Waals surface area contributed by atoms with Crippen molar-refractivity contribution in [1.82, 2.24) is 13.2 Å². The van der Waals surface area contributed by atoms with Crippen molar-refractivity contribution in [3.05, 3.63) is 195 Å². The number of aromatic nitrogens is 3. The molecule has 0 atom stereocenters. The molecule has 0 radical (unpaired) electrons. The van der Waals surface area contributed by atoms with Gasteiger partial charge in [0.1, 0.15) is 0 Å². The molecule has 0 aliphatic heterocycles. The summed E-state index contributed by atoms with van der Waals surface area (Å²) in [6.07, 6.45) is 0. The molecule has 6 aromatic heterocycles. The molecule has 68 heavy (non-hydrogen) atoms. The molecular weight excluding hydrogens is 823 g/mol. The fraction of sp³-hybridized carbons (Fsp3) is 0.169. The van der Waals surface area contributed by atoms with Crippen LogP contribution in [0.3, 0.4) is 0 Å². The van der Waals surface area contributed by atoms with E-state index >= 15 is 0 Å². The van der Waals surface area contributed by atoms with Gasteiger partial charge in [-0.15, -0.1) is 0 Å². The van der Waals surface area contributed by atoms with Gasteiger partial charge in [0.25, 0.3) is 0 Å². The fourth-order valence-corrected chi connectivity index (χ4v) is 12.8. The van der Waals surface area contributed by atoms with Gasteiger partial charge in [-0.05, 0) is 162 Å². The summed E-state index contributed by atoms with van der Waals surface area (Å²) in [4.78, 5) is 0. The molecule has 6 heterocycles. The van der Waals surface area contributed by atoms with Crippen LogP contribution in [0.1, 0.15) is 61.2 Å². The lowest BCUT2D eigenvalue weighted by atomic mass is 9.88. The molecule has 15 aromatic rings. The first-order chi connectivity index (χ1) is 32.9. The highest BCUT2D eigenvalue weighted by atomic mass is 14.9. The Bertz CT molecular complexity index is 4150. The lowest BCUT2D eigenvalue weighted by Crippen LogP contribution is -1.98. The van der Waals surface area contributed by atoms with E-state index in [0.29, 0.717) is 0 Å². The average Bonchev–Trinajstić information content (AvgIpc) is 4.21. The lowest BCUT2D eigenvalue weighted by molar-refractivity contribution is 1.20. The number of para-hydroxylation sites is 6. The van der Waals surface area contributed by atoms with Crippen molar-refractivity contribution >= 4 is 114 Å². The van der Waals surface area contributed by atoms with Crippen LogP contribution in [0.5, 0.6) is 0 Å². The van der Waals surface area contributed by atoms with Crippen molar-refractivity contribution in [2.75, 3.05) is 0 Å². The van der Waals surface area contributed by atoms with E-state index in [1.807, 2.05) is 0 Å². The van der Waals surface area contributed by atoms with Gasteiger partial charge < -0.3 is 13.2 Å². The van der Waals surface area contributed by atoms with Crippen LogP contribution >= 0.6 is 0 Å². The number of rotatable bonds is 0. The van der Waals surface area contributed by atoms with Crippen molar-refractivity contribution in [1.29, 1.82) is 0 Å². The molecule has 3 heteroatoms. The maximum Gasteiger partial charge on any atom is 0.0626 e. The van der Waals surface area contributed by atoms with Crippen LogP contribution < -0.4 is 0 Å². The van der Waals surface area contributed by atoms with Crippen molar-refractivity contribution in [2.45, 2.75) is 76.2 Å². The van der Waals surface area contributed by atoms with Crippen molar-refractivity contribution in [3.8, 4) is 0 Å². The molecule has 0 unspecified atom stereocenters. The third-order valence-electron chi connectivity index (χ3n) is 17.1. The zero-order valence-corrected chi connectivity index (χ0v) is 41.0. The Balaban J connectivity index is 0.000000105. The largest absolute Gasteiger partial charge is 0.308 e. The molecule has 0 saturated carbocycles. The summed E-state index contributed by atoms with van der Waals surface area (Å²) in [7, 11) is 0. The lowest BCUT2D eigenvalue weighted by Gasteiger charge is -2.16. The second-order valence-electron chi connectivity index (χ2n) is 19.9. The quantitative estimate of drug-likeness (QED) is 0.144. The molecule has 0 aliphatic rings. The molecule has 0 amide bonds. The fourth-order valence-electron chi connectivity index (χ4n) is 12.8. The van der Waals surface area contributed by atoms with Crippen molar-refractivity contribution in [3.63, 3.8) is 0 Å².